The van der Waals surface area contributed by atoms with E-state index in [2.05, 4.69) is 10.1 Å². The zero-order valence-corrected chi connectivity index (χ0v) is 13.6. The summed E-state index contributed by atoms with van der Waals surface area (Å²) < 4.78 is 45.7. The maximum absolute atomic E-state index is 12.0. The second kappa shape index (κ2) is 7.88. The first-order valence-electron chi connectivity index (χ1n) is 7.90. The van der Waals surface area contributed by atoms with Crippen molar-refractivity contribution in [1.82, 2.24) is 5.32 Å². The van der Waals surface area contributed by atoms with Crippen LogP contribution >= 0.6 is 0 Å². The van der Waals surface area contributed by atoms with Crippen LogP contribution in [0.2, 0.25) is 0 Å². The molecular weight excluding hydrogens is 323 g/mol. The van der Waals surface area contributed by atoms with Gasteiger partial charge in [-0.1, -0.05) is 25.0 Å². The fourth-order valence-corrected chi connectivity index (χ4v) is 3.15. The number of ether oxygens (including phenoxy) is 2. The molecule has 1 amide bonds. The standard InChI is InChI=1S/C17H22F3NO3/c1-23-14-6-4-5-13(9-14)16(7-2-3-8-16)11-21-15(22)10-24-12-17(18,19)20/h4-6,9H,2-3,7-8,10-12H2,1H3,(H,21,22). The summed E-state index contributed by atoms with van der Waals surface area (Å²) in [6.45, 7) is -1.62. The number of nitrogens with one attached hydrogen (secondary N) is 1. The van der Waals surface area contributed by atoms with Crippen LogP contribution in [0, 0.1) is 0 Å². The van der Waals surface area contributed by atoms with E-state index in [1.165, 1.54) is 0 Å². The molecule has 0 radical (unpaired) electrons. The molecule has 0 unspecified atom stereocenters. The number of rotatable bonds is 7. The van der Waals surface area contributed by atoms with Crippen LogP contribution in [-0.2, 0) is 14.9 Å². The molecule has 134 valence electrons. The van der Waals surface area contributed by atoms with Crippen LogP contribution in [0.3, 0.4) is 0 Å². The minimum atomic E-state index is -4.42. The summed E-state index contributed by atoms with van der Waals surface area (Å²) in [4.78, 5) is 11.8. The Labute approximate surface area is 139 Å². The molecule has 2 rings (SSSR count). The van der Waals surface area contributed by atoms with Crippen molar-refractivity contribution in [3.63, 3.8) is 0 Å². The molecule has 7 heteroatoms. The molecule has 0 spiro atoms. The van der Waals surface area contributed by atoms with Gasteiger partial charge in [0.25, 0.3) is 0 Å². The van der Waals surface area contributed by atoms with Gasteiger partial charge in [0, 0.05) is 12.0 Å². The molecule has 0 saturated heterocycles. The Hall–Kier alpha value is -1.76. The normalized spacial score (nSPS) is 16.8. The molecule has 1 aromatic carbocycles. The predicted molar refractivity (Wildman–Crippen MR) is 83.0 cm³/mol. The highest BCUT2D eigenvalue weighted by molar-refractivity contribution is 5.77. The number of alkyl halides is 3. The lowest BCUT2D eigenvalue weighted by atomic mass is 9.78. The SMILES string of the molecule is COc1cccc(C2(CNC(=O)COCC(F)(F)F)CCCC2)c1. The van der Waals surface area contributed by atoms with Crippen LogP contribution in [0.4, 0.5) is 13.2 Å². The lowest BCUT2D eigenvalue weighted by Crippen LogP contribution is -2.40. The molecule has 0 atom stereocenters. The van der Waals surface area contributed by atoms with E-state index in [4.69, 9.17) is 4.74 Å². The smallest absolute Gasteiger partial charge is 0.411 e. The van der Waals surface area contributed by atoms with Crippen LogP contribution in [0.5, 0.6) is 5.75 Å². The van der Waals surface area contributed by atoms with Crippen molar-refractivity contribution in [3.8, 4) is 5.75 Å². The van der Waals surface area contributed by atoms with Gasteiger partial charge in [-0.15, -0.1) is 0 Å². The molecule has 0 aliphatic heterocycles. The van der Waals surface area contributed by atoms with Crippen LogP contribution < -0.4 is 10.1 Å². The maximum atomic E-state index is 12.0. The van der Waals surface area contributed by atoms with Crippen molar-refractivity contribution in [3.05, 3.63) is 29.8 Å². The average Bonchev–Trinajstić information content (AvgIpc) is 3.02. The molecule has 1 N–H and O–H groups in total. The summed E-state index contributed by atoms with van der Waals surface area (Å²) in [6, 6.07) is 7.72. The Balaban J connectivity index is 1.95. The van der Waals surface area contributed by atoms with Crippen molar-refractivity contribution in [2.45, 2.75) is 37.3 Å². The number of carbonyl (C=O) groups is 1. The Kier molecular flexibility index (Phi) is 6.10. The number of methoxy groups -OCH3 is 1. The average molecular weight is 345 g/mol. The number of halogens is 3. The van der Waals surface area contributed by atoms with Crippen molar-refractivity contribution in [1.29, 1.82) is 0 Å². The highest BCUT2D eigenvalue weighted by atomic mass is 19.4. The van der Waals surface area contributed by atoms with E-state index < -0.39 is 25.3 Å². The van der Waals surface area contributed by atoms with E-state index in [1.54, 1.807) is 7.11 Å². The van der Waals surface area contributed by atoms with Gasteiger partial charge in [0.1, 0.15) is 19.0 Å². The first-order chi connectivity index (χ1) is 11.3. The number of benzene rings is 1. The molecule has 0 heterocycles. The third-order valence-corrected chi connectivity index (χ3v) is 4.37. The summed E-state index contributed by atoms with van der Waals surface area (Å²) in [5.74, 6) is 0.215. The summed E-state index contributed by atoms with van der Waals surface area (Å²) >= 11 is 0. The lowest BCUT2D eigenvalue weighted by molar-refractivity contribution is -0.175. The third-order valence-electron chi connectivity index (χ3n) is 4.37. The van der Waals surface area contributed by atoms with Crippen molar-refractivity contribution < 1.29 is 27.4 Å². The molecule has 1 fully saturated rings. The monoisotopic (exact) mass is 345 g/mol. The summed E-state index contributed by atoms with van der Waals surface area (Å²) in [5.41, 5.74) is 0.879. The first-order valence-corrected chi connectivity index (χ1v) is 7.90. The summed E-state index contributed by atoms with van der Waals surface area (Å²) in [6.07, 6.45) is -0.476. The van der Waals surface area contributed by atoms with Gasteiger partial charge in [-0.05, 0) is 30.5 Å². The van der Waals surface area contributed by atoms with E-state index in [-0.39, 0.29) is 5.41 Å². The second-order valence-corrected chi connectivity index (χ2v) is 6.10. The number of carbonyl (C=O) groups excluding carboxylic acids is 1. The molecule has 1 aliphatic carbocycles. The Morgan fingerprint density at radius 2 is 2.00 bits per heavy atom. The maximum Gasteiger partial charge on any atom is 0.411 e. The van der Waals surface area contributed by atoms with Gasteiger partial charge >= 0.3 is 6.18 Å². The van der Waals surface area contributed by atoms with E-state index in [9.17, 15) is 18.0 Å². The van der Waals surface area contributed by atoms with E-state index in [0.29, 0.717) is 6.54 Å². The topological polar surface area (TPSA) is 47.6 Å². The second-order valence-electron chi connectivity index (χ2n) is 6.10. The first kappa shape index (κ1) is 18.6. The van der Waals surface area contributed by atoms with Gasteiger partial charge in [-0.2, -0.15) is 13.2 Å². The van der Waals surface area contributed by atoms with Gasteiger partial charge < -0.3 is 14.8 Å². The highest BCUT2D eigenvalue weighted by Crippen LogP contribution is 2.41. The van der Waals surface area contributed by atoms with Gasteiger partial charge in [0.15, 0.2) is 0 Å². The Morgan fingerprint density at radius 1 is 1.29 bits per heavy atom. The minimum absolute atomic E-state index is 0.200. The van der Waals surface area contributed by atoms with Crippen molar-refractivity contribution in [2.75, 3.05) is 26.9 Å². The highest BCUT2D eigenvalue weighted by Gasteiger charge is 2.36. The Morgan fingerprint density at radius 3 is 2.62 bits per heavy atom. The summed E-state index contributed by atoms with van der Waals surface area (Å²) in [7, 11) is 1.60. The quantitative estimate of drug-likeness (QED) is 0.826. The van der Waals surface area contributed by atoms with E-state index >= 15 is 0 Å². The molecule has 1 saturated carbocycles. The van der Waals surface area contributed by atoms with Gasteiger partial charge in [0.05, 0.1) is 7.11 Å². The van der Waals surface area contributed by atoms with E-state index in [0.717, 1.165) is 37.0 Å². The van der Waals surface area contributed by atoms with Gasteiger partial charge in [0.2, 0.25) is 5.91 Å². The lowest BCUT2D eigenvalue weighted by Gasteiger charge is -2.30. The molecule has 24 heavy (non-hydrogen) atoms. The Bertz CT molecular complexity index is 554. The van der Waals surface area contributed by atoms with Crippen LogP contribution in [0.25, 0.3) is 0 Å². The zero-order valence-electron chi connectivity index (χ0n) is 13.6. The molecule has 0 aromatic heterocycles. The van der Waals surface area contributed by atoms with Crippen LogP contribution in [0.15, 0.2) is 24.3 Å². The van der Waals surface area contributed by atoms with Crippen LogP contribution in [0.1, 0.15) is 31.2 Å². The molecule has 1 aliphatic rings. The number of hydrogen-bond acceptors (Lipinski definition) is 3. The predicted octanol–water partition coefficient (Wildman–Crippen LogP) is 3.20. The molecule has 1 aromatic rings. The molecule has 0 bridgehead atoms. The molecule has 4 nitrogen and oxygen atoms in total. The number of amides is 1. The minimum Gasteiger partial charge on any atom is -0.497 e. The van der Waals surface area contributed by atoms with Gasteiger partial charge in [-0.25, -0.2) is 0 Å². The molecular formula is C17H22F3NO3. The van der Waals surface area contributed by atoms with Gasteiger partial charge in [-0.3, -0.25) is 4.79 Å². The van der Waals surface area contributed by atoms with Crippen LogP contribution in [-0.4, -0.2) is 39.0 Å². The van der Waals surface area contributed by atoms with E-state index in [1.807, 2.05) is 24.3 Å². The largest absolute Gasteiger partial charge is 0.497 e. The van der Waals surface area contributed by atoms with Crippen molar-refractivity contribution in [2.24, 2.45) is 0 Å². The fourth-order valence-electron chi connectivity index (χ4n) is 3.15. The number of hydrogen-bond donors (Lipinski definition) is 1. The zero-order chi connectivity index (χ0) is 17.6. The fraction of sp³-hybridized carbons (Fsp3) is 0.588. The summed E-state index contributed by atoms with van der Waals surface area (Å²) in [5, 5.41) is 2.72. The third kappa shape index (κ3) is 5.12. The van der Waals surface area contributed by atoms with Crippen molar-refractivity contribution >= 4 is 5.91 Å².